The second-order valence-corrected chi connectivity index (χ2v) is 8.42. The van der Waals surface area contributed by atoms with Crippen molar-refractivity contribution in [3.8, 4) is 5.82 Å². The summed E-state index contributed by atoms with van der Waals surface area (Å²) in [6, 6.07) is 6.65. The molecule has 3 aromatic rings. The zero-order valence-corrected chi connectivity index (χ0v) is 16.7. The lowest BCUT2D eigenvalue weighted by atomic mass is 10.2. The first-order valence-electron chi connectivity index (χ1n) is 8.25. The molecule has 8 nitrogen and oxygen atoms in total. The molecule has 13 heteroatoms. The summed E-state index contributed by atoms with van der Waals surface area (Å²) in [5.74, 6) is -0.112. The minimum Gasteiger partial charge on any atom is -0.342 e. The number of sulfone groups is 1. The molecule has 0 unspecified atom stereocenters. The largest absolute Gasteiger partial charge is 0.501 e. The molecule has 1 N–H and O–H groups in total. The van der Waals surface area contributed by atoms with E-state index in [1.54, 1.807) is 31.3 Å². The average molecular weight is 460 g/mol. The summed E-state index contributed by atoms with van der Waals surface area (Å²) in [6.07, 6.45) is 2.79. The van der Waals surface area contributed by atoms with Crippen molar-refractivity contribution in [2.24, 2.45) is 0 Å². The number of halogens is 4. The molecular formula is C17H13ClF3N5O3S. The third-order valence-electron chi connectivity index (χ3n) is 3.92. The van der Waals surface area contributed by atoms with Gasteiger partial charge in [0.2, 0.25) is 0 Å². The molecule has 0 aliphatic carbocycles. The predicted molar refractivity (Wildman–Crippen MR) is 99.7 cm³/mol. The summed E-state index contributed by atoms with van der Waals surface area (Å²) in [5.41, 5.74) is -5.89. The predicted octanol–water partition coefficient (Wildman–Crippen LogP) is 3.10. The van der Waals surface area contributed by atoms with Gasteiger partial charge in [0, 0.05) is 16.8 Å². The Morgan fingerprint density at radius 3 is 2.57 bits per heavy atom. The van der Waals surface area contributed by atoms with Crippen molar-refractivity contribution in [2.75, 3.05) is 0 Å². The molecule has 0 saturated heterocycles. The lowest BCUT2D eigenvalue weighted by molar-refractivity contribution is -0.0436. The molecule has 2 aromatic heterocycles. The maximum absolute atomic E-state index is 12.8. The molecule has 0 bridgehead atoms. The normalized spacial score (nSPS) is 13.1. The SMILES string of the molecule is C[C@H](NC(=O)c1cc(Cl)cc(S(=O)(=O)C(F)(F)F)c1)c1ncnn1-c1ccccn1. The second kappa shape index (κ2) is 8.03. The van der Waals surface area contributed by atoms with E-state index >= 15 is 0 Å². The van der Waals surface area contributed by atoms with Gasteiger partial charge in [0.25, 0.3) is 15.7 Å². The van der Waals surface area contributed by atoms with Crippen molar-refractivity contribution in [3.05, 3.63) is 65.3 Å². The van der Waals surface area contributed by atoms with Crippen molar-refractivity contribution in [2.45, 2.75) is 23.4 Å². The molecule has 1 aromatic carbocycles. The first kappa shape index (κ1) is 21.7. The fourth-order valence-corrected chi connectivity index (χ4v) is 3.66. The molecule has 1 amide bonds. The average Bonchev–Trinajstić information content (AvgIpc) is 3.17. The summed E-state index contributed by atoms with van der Waals surface area (Å²) in [5, 5.41) is 6.23. The Balaban J connectivity index is 1.88. The van der Waals surface area contributed by atoms with Gasteiger partial charge in [-0.3, -0.25) is 4.79 Å². The summed E-state index contributed by atoms with van der Waals surface area (Å²) in [6.45, 7) is 1.57. The molecule has 0 saturated carbocycles. The standard InChI is InChI=1S/C17H13ClF3N5O3S/c1-10(15-23-9-24-26(15)14-4-2-3-5-22-14)25-16(27)11-6-12(18)8-13(7-11)30(28,29)17(19,20)21/h2-10H,1H3,(H,25,27)/t10-/m0/s1. The van der Waals surface area contributed by atoms with Crippen LogP contribution in [-0.4, -0.2) is 39.6 Å². The van der Waals surface area contributed by atoms with E-state index in [1.165, 1.54) is 11.0 Å². The van der Waals surface area contributed by atoms with Crippen LogP contribution in [-0.2, 0) is 9.84 Å². The minimum atomic E-state index is -5.67. The van der Waals surface area contributed by atoms with Crippen LogP contribution in [0.4, 0.5) is 13.2 Å². The van der Waals surface area contributed by atoms with E-state index in [0.29, 0.717) is 23.8 Å². The summed E-state index contributed by atoms with van der Waals surface area (Å²) in [7, 11) is -5.67. The van der Waals surface area contributed by atoms with Gasteiger partial charge in [-0.05, 0) is 37.3 Å². The first-order valence-corrected chi connectivity index (χ1v) is 10.1. The minimum absolute atomic E-state index is 0.298. The quantitative estimate of drug-likeness (QED) is 0.628. The number of hydrogen-bond acceptors (Lipinski definition) is 6. The second-order valence-electron chi connectivity index (χ2n) is 6.04. The molecular weight excluding hydrogens is 447 g/mol. The molecule has 0 aliphatic rings. The van der Waals surface area contributed by atoms with Gasteiger partial charge in [0.1, 0.15) is 6.33 Å². The van der Waals surface area contributed by atoms with E-state index in [4.69, 9.17) is 11.6 Å². The first-order chi connectivity index (χ1) is 14.0. The number of carbonyl (C=O) groups is 1. The van der Waals surface area contributed by atoms with E-state index in [9.17, 15) is 26.4 Å². The fourth-order valence-electron chi connectivity index (χ4n) is 2.53. The van der Waals surface area contributed by atoms with Crippen molar-refractivity contribution in [3.63, 3.8) is 0 Å². The lowest BCUT2D eigenvalue weighted by Crippen LogP contribution is -2.29. The number of nitrogens with one attached hydrogen (secondary N) is 1. The summed E-state index contributed by atoms with van der Waals surface area (Å²) in [4.78, 5) is 19.6. The zero-order valence-electron chi connectivity index (χ0n) is 15.1. The highest BCUT2D eigenvalue weighted by molar-refractivity contribution is 7.92. The van der Waals surface area contributed by atoms with Gasteiger partial charge in [0.05, 0.1) is 10.9 Å². The van der Waals surface area contributed by atoms with Gasteiger partial charge in [-0.25, -0.2) is 18.4 Å². The Hall–Kier alpha value is -2.99. The Morgan fingerprint density at radius 2 is 1.93 bits per heavy atom. The van der Waals surface area contributed by atoms with Crippen molar-refractivity contribution < 1.29 is 26.4 Å². The smallest absolute Gasteiger partial charge is 0.342 e. The molecule has 0 radical (unpaired) electrons. The van der Waals surface area contributed by atoms with Crippen LogP contribution < -0.4 is 5.32 Å². The Labute approximate surface area is 173 Å². The number of amides is 1. The molecule has 0 fully saturated rings. The van der Waals surface area contributed by atoms with Gasteiger partial charge < -0.3 is 5.32 Å². The van der Waals surface area contributed by atoms with Gasteiger partial charge in [-0.2, -0.15) is 23.0 Å². The third kappa shape index (κ3) is 4.28. The number of aromatic nitrogens is 4. The van der Waals surface area contributed by atoms with Crippen LogP contribution in [0.5, 0.6) is 0 Å². The third-order valence-corrected chi connectivity index (χ3v) is 5.61. The summed E-state index contributed by atoms with van der Waals surface area (Å²) < 4.78 is 63.2. The van der Waals surface area contributed by atoms with Crippen molar-refractivity contribution in [1.82, 2.24) is 25.1 Å². The van der Waals surface area contributed by atoms with Gasteiger partial charge >= 0.3 is 5.51 Å². The molecule has 3 rings (SSSR count). The van der Waals surface area contributed by atoms with Gasteiger partial charge in [-0.15, -0.1) is 0 Å². The van der Waals surface area contributed by atoms with E-state index < -0.39 is 32.2 Å². The van der Waals surface area contributed by atoms with E-state index in [0.717, 1.165) is 6.07 Å². The number of pyridine rings is 1. The number of hydrogen-bond donors (Lipinski definition) is 1. The van der Waals surface area contributed by atoms with E-state index in [2.05, 4.69) is 20.4 Å². The van der Waals surface area contributed by atoms with Crippen LogP contribution in [0.15, 0.2) is 53.8 Å². The zero-order chi connectivity index (χ0) is 22.1. The highest BCUT2D eigenvalue weighted by Crippen LogP contribution is 2.32. The van der Waals surface area contributed by atoms with Gasteiger partial charge in [0.15, 0.2) is 11.6 Å². The lowest BCUT2D eigenvalue weighted by Gasteiger charge is -2.15. The maximum atomic E-state index is 12.8. The molecule has 30 heavy (non-hydrogen) atoms. The Bertz CT molecular complexity index is 1180. The highest BCUT2D eigenvalue weighted by atomic mass is 35.5. The van der Waals surface area contributed by atoms with Crippen molar-refractivity contribution >= 4 is 27.3 Å². The molecule has 0 spiro atoms. The molecule has 2 heterocycles. The van der Waals surface area contributed by atoms with Crippen LogP contribution >= 0.6 is 11.6 Å². The van der Waals surface area contributed by atoms with Crippen LogP contribution in [0.2, 0.25) is 5.02 Å². The summed E-state index contributed by atoms with van der Waals surface area (Å²) >= 11 is 5.75. The Morgan fingerprint density at radius 1 is 1.20 bits per heavy atom. The number of benzene rings is 1. The van der Waals surface area contributed by atoms with E-state index in [1.807, 2.05) is 0 Å². The van der Waals surface area contributed by atoms with Crippen LogP contribution in [0.3, 0.4) is 0 Å². The molecule has 158 valence electrons. The number of nitrogens with zero attached hydrogens (tertiary/aromatic N) is 4. The van der Waals surface area contributed by atoms with E-state index in [-0.39, 0.29) is 10.6 Å². The number of carbonyl (C=O) groups excluding carboxylic acids is 1. The monoisotopic (exact) mass is 459 g/mol. The van der Waals surface area contributed by atoms with Gasteiger partial charge in [-0.1, -0.05) is 17.7 Å². The number of alkyl halides is 3. The highest BCUT2D eigenvalue weighted by Gasteiger charge is 2.47. The fraction of sp³-hybridized carbons (Fsp3) is 0.176. The van der Waals surface area contributed by atoms with Crippen LogP contribution in [0.25, 0.3) is 5.82 Å². The van der Waals surface area contributed by atoms with Crippen molar-refractivity contribution in [1.29, 1.82) is 0 Å². The van der Waals surface area contributed by atoms with Crippen LogP contribution in [0, 0.1) is 0 Å². The topological polar surface area (TPSA) is 107 Å². The Kier molecular flexibility index (Phi) is 5.81. The maximum Gasteiger partial charge on any atom is 0.501 e. The molecule has 0 aliphatic heterocycles. The van der Waals surface area contributed by atoms with Crippen LogP contribution in [0.1, 0.15) is 29.1 Å². The number of rotatable bonds is 5. The molecule has 1 atom stereocenters.